The van der Waals surface area contributed by atoms with Crippen molar-refractivity contribution in [2.24, 2.45) is 0 Å². The van der Waals surface area contributed by atoms with Crippen molar-refractivity contribution in [1.29, 1.82) is 0 Å². The van der Waals surface area contributed by atoms with E-state index in [0.29, 0.717) is 56.1 Å². The standard InChI is InChI=1S/C24H29F2N5O3S/c1-16(29-20-12-18(25)11-19(26)13-20)21-9-17(14-27-3-8-35(2,32)33)10-22-24(21)30-23(15-28-22)31-4-6-34-7-5-31/h9-13,15-16,27,29H,3-8,14H2,1-2H3. The summed E-state index contributed by atoms with van der Waals surface area (Å²) in [6.45, 7) is 5.32. The van der Waals surface area contributed by atoms with Crippen molar-refractivity contribution in [1.82, 2.24) is 15.3 Å². The van der Waals surface area contributed by atoms with Crippen molar-refractivity contribution in [3.63, 3.8) is 0 Å². The van der Waals surface area contributed by atoms with Crippen LogP contribution in [-0.2, 0) is 21.1 Å². The van der Waals surface area contributed by atoms with Crippen LogP contribution in [0.25, 0.3) is 11.0 Å². The van der Waals surface area contributed by atoms with Gasteiger partial charge in [0.25, 0.3) is 0 Å². The second-order valence-electron chi connectivity index (χ2n) is 8.71. The number of fused-ring (bicyclic) bond motifs is 1. The lowest BCUT2D eigenvalue weighted by Crippen LogP contribution is -2.36. The molecule has 11 heteroatoms. The van der Waals surface area contributed by atoms with Crippen molar-refractivity contribution < 1.29 is 21.9 Å². The van der Waals surface area contributed by atoms with Crippen LogP contribution in [0.5, 0.6) is 0 Å². The number of aromatic nitrogens is 2. The molecular weight excluding hydrogens is 476 g/mol. The van der Waals surface area contributed by atoms with Crippen LogP contribution in [0.1, 0.15) is 24.1 Å². The van der Waals surface area contributed by atoms with E-state index >= 15 is 0 Å². The molecule has 1 fully saturated rings. The molecule has 1 aliphatic rings. The number of halogens is 2. The maximum absolute atomic E-state index is 13.7. The van der Waals surface area contributed by atoms with E-state index in [0.717, 1.165) is 23.0 Å². The van der Waals surface area contributed by atoms with Crippen LogP contribution in [0.3, 0.4) is 0 Å². The Morgan fingerprint density at radius 3 is 2.51 bits per heavy atom. The first-order valence-corrected chi connectivity index (χ1v) is 13.5. The molecule has 1 aliphatic heterocycles. The largest absolute Gasteiger partial charge is 0.378 e. The SMILES string of the molecule is CC(Nc1cc(F)cc(F)c1)c1cc(CNCCS(C)(=O)=O)cc2ncc(N3CCOCC3)nc12. The first kappa shape index (κ1) is 25.2. The molecule has 35 heavy (non-hydrogen) atoms. The molecule has 1 unspecified atom stereocenters. The molecule has 2 heterocycles. The third kappa shape index (κ3) is 6.83. The van der Waals surface area contributed by atoms with E-state index in [2.05, 4.69) is 20.5 Å². The fourth-order valence-electron chi connectivity index (χ4n) is 4.02. The van der Waals surface area contributed by atoms with Gasteiger partial charge in [0.2, 0.25) is 0 Å². The number of rotatable bonds is 9. The highest BCUT2D eigenvalue weighted by Crippen LogP contribution is 2.29. The summed E-state index contributed by atoms with van der Waals surface area (Å²) in [7, 11) is -3.06. The predicted molar refractivity (Wildman–Crippen MR) is 132 cm³/mol. The zero-order valence-electron chi connectivity index (χ0n) is 19.7. The second kappa shape index (κ2) is 10.8. The molecule has 0 saturated carbocycles. The van der Waals surface area contributed by atoms with E-state index in [4.69, 9.17) is 9.72 Å². The van der Waals surface area contributed by atoms with Crippen molar-refractivity contribution in [2.75, 3.05) is 55.1 Å². The maximum atomic E-state index is 13.7. The Bertz CT molecular complexity index is 1280. The van der Waals surface area contributed by atoms with Crippen LogP contribution in [0.4, 0.5) is 20.3 Å². The smallest absolute Gasteiger partial charge is 0.148 e. The number of hydrogen-bond donors (Lipinski definition) is 2. The molecular formula is C24H29F2N5O3S. The van der Waals surface area contributed by atoms with Gasteiger partial charge in [0.1, 0.15) is 27.3 Å². The second-order valence-corrected chi connectivity index (χ2v) is 11.0. The fourth-order valence-corrected chi connectivity index (χ4v) is 4.54. The Labute approximate surface area is 203 Å². The Kier molecular flexibility index (Phi) is 7.78. The molecule has 1 atom stereocenters. The van der Waals surface area contributed by atoms with Gasteiger partial charge in [-0.3, -0.25) is 4.98 Å². The molecule has 188 valence electrons. The Balaban J connectivity index is 1.66. The molecule has 0 radical (unpaired) electrons. The average molecular weight is 506 g/mol. The quantitative estimate of drug-likeness (QED) is 0.429. The fraction of sp³-hybridized carbons (Fsp3) is 0.417. The highest BCUT2D eigenvalue weighted by atomic mass is 32.2. The highest BCUT2D eigenvalue weighted by molar-refractivity contribution is 7.90. The summed E-state index contributed by atoms with van der Waals surface area (Å²) in [4.78, 5) is 11.6. The van der Waals surface area contributed by atoms with Gasteiger partial charge < -0.3 is 20.3 Å². The summed E-state index contributed by atoms with van der Waals surface area (Å²) < 4.78 is 55.7. The van der Waals surface area contributed by atoms with E-state index < -0.39 is 21.5 Å². The molecule has 1 aromatic heterocycles. The van der Waals surface area contributed by atoms with Gasteiger partial charge in [-0.15, -0.1) is 0 Å². The molecule has 8 nitrogen and oxygen atoms in total. The number of nitrogens with zero attached hydrogens (tertiary/aromatic N) is 3. The third-order valence-corrected chi connectivity index (χ3v) is 6.70. The number of nitrogens with one attached hydrogen (secondary N) is 2. The van der Waals surface area contributed by atoms with Crippen LogP contribution >= 0.6 is 0 Å². The topological polar surface area (TPSA) is 96.5 Å². The van der Waals surface area contributed by atoms with Crippen molar-refractivity contribution in [3.8, 4) is 0 Å². The number of morpholine rings is 1. The zero-order chi connectivity index (χ0) is 25.0. The Hall–Kier alpha value is -2.89. The van der Waals surface area contributed by atoms with Crippen LogP contribution in [0, 0.1) is 11.6 Å². The molecule has 2 N–H and O–H groups in total. The molecule has 0 amide bonds. The van der Waals surface area contributed by atoms with Crippen LogP contribution in [0.15, 0.2) is 36.5 Å². The van der Waals surface area contributed by atoms with E-state index in [1.165, 1.54) is 18.4 Å². The van der Waals surface area contributed by atoms with E-state index in [1.807, 2.05) is 19.1 Å². The number of sulfone groups is 1. The summed E-state index contributed by atoms with van der Waals surface area (Å²) in [5, 5.41) is 6.31. The summed E-state index contributed by atoms with van der Waals surface area (Å²) in [5.41, 5.74) is 3.39. The number of anilines is 2. The molecule has 4 rings (SSSR count). The minimum Gasteiger partial charge on any atom is -0.378 e. The minimum absolute atomic E-state index is 0.0409. The van der Waals surface area contributed by atoms with Crippen LogP contribution < -0.4 is 15.5 Å². The van der Waals surface area contributed by atoms with Crippen molar-refractivity contribution >= 4 is 32.4 Å². The van der Waals surface area contributed by atoms with Gasteiger partial charge in [-0.25, -0.2) is 22.2 Å². The van der Waals surface area contributed by atoms with Gasteiger partial charge in [-0.05, 0) is 30.7 Å². The maximum Gasteiger partial charge on any atom is 0.148 e. The monoisotopic (exact) mass is 505 g/mol. The summed E-state index contributed by atoms with van der Waals surface area (Å²) in [6.07, 6.45) is 2.94. The van der Waals surface area contributed by atoms with Gasteiger partial charge >= 0.3 is 0 Å². The lowest BCUT2D eigenvalue weighted by Gasteiger charge is -2.28. The number of benzene rings is 2. The summed E-state index contributed by atoms with van der Waals surface area (Å²) >= 11 is 0. The van der Waals surface area contributed by atoms with Gasteiger partial charge in [-0.1, -0.05) is 6.07 Å². The van der Waals surface area contributed by atoms with Gasteiger partial charge in [0.05, 0.1) is 42.2 Å². The van der Waals surface area contributed by atoms with Gasteiger partial charge in [0.15, 0.2) is 0 Å². The average Bonchev–Trinajstić information content (AvgIpc) is 2.80. The Morgan fingerprint density at radius 1 is 1.11 bits per heavy atom. The van der Waals surface area contributed by atoms with Crippen LogP contribution in [-0.4, -0.2) is 63.2 Å². The molecule has 0 aliphatic carbocycles. The number of ether oxygens (including phenoxy) is 1. The first-order valence-electron chi connectivity index (χ1n) is 11.4. The highest BCUT2D eigenvalue weighted by Gasteiger charge is 2.18. The Morgan fingerprint density at radius 2 is 1.83 bits per heavy atom. The molecule has 3 aromatic rings. The molecule has 1 saturated heterocycles. The van der Waals surface area contributed by atoms with Gasteiger partial charge in [-0.2, -0.15) is 0 Å². The van der Waals surface area contributed by atoms with E-state index in [1.54, 1.807) is 6.20 Å². The number of hydrogen-bond acceptors (Lipinski definition) is 8. The zero-order valence-corrected chi connectivity index (χ0v) is 20.5. The molecule has 0 bridgehead atoms. The normalized spacial score (nSPS) is 15.4. The summed E-state index contributed by atoms with van der Waals surface area (Å²) in [5.74, 6) is -0.546. The van der Waals surface area contributed by atoms with E-state index in [-0.39, 0.29) is 11.8 Å². The lowest BCUT2D eigenvalue weighted by atomic mass is 10.0. The van der Waals surface area contributed by atoms with Crippen LogP contribution in [0.2, 0.25) is 0 Å². The third-order valence-electron chi connectivity index (χ3n) is 5.75. The summed E-state index contributed by atoms with van der Waals surface area (Å²) in [6, 6.07) is 6.84. The van der Waals surface area contributed by atoms with E-state index in [9.17, 15) is 17.2 Å². The molecule has 2 aromatic carbocycles. The predicted octanol–water partition coefficient (Wildman–Crippen LogP) is 3.05. The first-order chi connectivity index (χ1) is 16.7. The molecule has 0 spiro atoms. The minimum atomic E-state index is -3.06. The van der Waals surface area contributed by atoms with Gasteiger partial charge in [0, 0.05) is 49.8 Å². The lowest BCUT2D eigenvalue weighted by molar-refractivity contribution is 0.122. The van der Waals surface area contributed by atoms with Crippen molar-refractivity contribution in [3.05, 3.63) is 59.3 Å². The van der Waals surface area contributed by atoms with Crippen molar-refractivity contribution in [2.45, 2.75) is 19.5 Å².